The van der Waals surface area contributed by atoms with Crippen molar-refractivity contribution >= 4 is 12.1 Å². The summed E-state index contributed by atoms with van der Waals surface area (Å²) in [5.41, 5.74) is -0.589. The quantitative estimate of drug-likeness (QED) is 0.765. The predicted octanol–water partition coefficient (Wildman–Crippen LogP) is 1.44. The summed E-state index contributed by atoms with van der Waals surface area (Å²) in [4.78, 5) is 23.9. The third-order valence-corrected chi connectivity index (χ3v) is 3.02. The van der Waals surface area contributed by atoms with E-state index in [1.54, 1.807) is 27.7 Å². The Bertz CT molecular complexity index is 333. The molecule has 116 valence electrons. The fourth-order valence-corrected chi connectivity index (χ4v) is 2.20. The number of amides is 1. The van der Waals surface area contributed by atoms with E-state index in [9.17, 15) is 9.59 Å². The first-order valence-corrected chi connectivity index (χ1v) is 7.20. The third-order valence-electron chi connectivity index (χ3n) is 3.02. The fourth-order valence-electron chi connectivity index (χ4n) is 2.20. The molecule has 0 aromatic heterocycles. The van der Waals surface area contributed by atoms with Crippen LogP contribution in [0, 0.1) is 5.92 Å². The molecule has 2 unspecified atom stereocenters. The lowest BCUT2D eigenvalue weighted by Gasteiger charge is -2.30. The predicted molar refractivity (Wildman–Crippen MR) is 75.4 cm³/mol. The minimum Gasteiger partial charge on any atom is -0.464 e. The Balaban J connectivity index is 2.66. The number of esters is 1. The Labute approximate surface area is 120 Å². The van der Waals surface area contributed by atoms with Gasteiger partial charge in [0.15, 0.2) is 0 Å². The van der Waals surface area contributed by atoms with Gasteiger partial charge in [-0.05, 0) is 47.1 Å². The van der Waals surface area contributed by atoms with Crippen molar-refractivity contribution in [3.05, 3.63) is 0 Å². The maximum absolute atomic E-state index is 12.0. The van der Waals surface area contributed by atoms with Gasteiger partial charge in [0.2, 0.25) is 0 Å². The molecular formula is C14H26N2O4. The van der Waals surface area contributed by atoms with Crippen LogP contribution in [0.1, 0.15) is 40.5 Å². The Hall–Kier alpha value is -1.30. The van der Waals surface area contributed by atoms with Crippen LogP contribution < -0.4 is 10.6 Å². The maximum Gasteiger partial charge on any atom is 0.408 e. The highest BCUT2D eigenvalue weighted by Gasteiger charge is 2.33. The first kappa shape index (κ1) is 16.8. The molecule has 0 radical (unpaired) electrons. The van der Waals surface area contributed by atoms with E-state index >= 15 is 0 Å². The normalized spacial score (nSPS) is 20.9. The molecule has 0 aromatic carbocycles. The number of rotatable bonds is 4. The second-order valence-electron chi connectivity index (χ2n) is 5.98. The van der Waals surface area contributed by atoms with Crippen LogP contribution in [0.15, 0.2) is 0 Å². The fraction of sp³-hybridized carbons (Fsp3) is 0.857. The van der Waals surface area contributed by atoms with Gasteiger partial charge in [-0.1, -0.05) is 0 Å². The number of piperidine rings is 1. The molecule has 0 spiro atoms. The van der Waals surface area contributed by atoms with Crippen LogP contribution in [0.4, 0.5) is 4.79 Å². The number of alkyl carbamates (subject to hydrolysis) is 1. The van der Waals surface area contributed by atoms with Gasteiger partial charge in [0, 0.05) is 12.5 Å². The Kier molecular flexibility index (Phi) is 6.26. The smallest absolute Gasteiger partial charge is 0.408 e. The zero-order valence-corrected chi connectivity index (χ0v) is 12.8. The Morgan fingerprint density at radius 2 is 2.10 bits per heavy atom. The molecule has 1 amide bonds. The summed E-state index contributed by atoms with van der Waals surface area (Å²) in [6.07, 6.45) is 1.28. The van der Waals surface area contributed by atoms with Gasteiger partial charge in [0.05, 0.1) is 6.61 Å². The van der Waals surface area contributed by atoms with Gasteiger partial charge in [-0.2, -0.15) is 0 Å². The summed E-state index contributed by atoms with van der Waals surface area (Å²) in [5, 5.41) is 5.89. The van der Waals surface area contributed by atoms with E-state index in [1.165, 1.54) is 0 Å². The number of hydrogen-bond acceptors (Lipinski definition) is 5. The van der Waals surface area contributed by atoms with Crippen molar-refractivity contribution < 1.29 is 19.1 Å². The highest BCUT2D eigenvalue weighted by molar-refractivity contribution is 5.81. The van der Waals surface area contributed by atoms with Gasteiger partial charge in [-0.3, -0.25) is 0 Å². The van der Waals surface area contributed by atoms with Crippen LogP contribution in [0.3, 0.4) is 0 Å². The molecule has 0 saturated carbocycles. The molecule has 20 heavy (non-hydrogen) atoms. The molecule has 6 nitrogen and oxygen atoms in total. The van der Waals surface area contributed by atoms with Crippen LogP contribution >= 0.6 is 0 Å². The molecule has 2 atom stereocenters. The second-order valence-corrected chi connectivity index (χ2v) is 5.98. The third kappa shape index (κ3) is 5.77. The number of ether oxygens (including phenoxy) is 2. The van der Waals surface area contributed by atoms with Crippen molar-refractivity contribution in [2.75, 3.05) is 19.7 Å². The van der Waals surface area contributed by atoms with Gasteiger partial charge in [-0.25, -0.2) is 9.59 Å². The summed E-state index contributed by atoms with van der Waals surface area (Å²) in [7, 11) is 0. The monoisotopic (exact) mass is 286 g/mol. The van der Waals surface area contributed by atoms with Gasteiger partial charge in [0.25, 0.3) is 0 Å². The molecule has 0 bridgehead atoms. The Morgan fingerprint density at radius 1 is 1.40 bits per heavy atom. The van der Waals surface area contributed by atoms with Crippen LogP contribution in [-0.2, 0) is 14.3 Å². The molecule has 0 aromatic rings. The van der Waals surface area contributed by atoms with Gasteiger partial charge in [0.1, 0.15) is 11.6 Å². The molecule has 1 heterocycles. The van der Waals surface area contributed by atoms with Gasteiger partial charge < -0.3 is 20.1 Å². The van der Waals surface area contributed by atoms with Crippen LogP contribution in [0.25, 0.3) is 0 Å². The zero-order chi connectivity index (χ0) is 15.2. The number of carbonyl (C=O) groups is 2. The van der Waals surface area contributed by atoms with Crippen molar-refractivity contribution in [1.82, 2.24) is 10.6 Å². The molecule has 1 rings (SSSR count). The lowest BCUT2D eigenvalue weighted by Crippen LogP contribution is -2.52. The minimum atomic E-state index is -0.655. The molecule has 1 aliphatic rings. The van der Waals surface area contributed by atoms with E-state index < -0.39 is 23.7 Å². The summed E-state index contributed by atoms with van der Waals surface area (Å²) in [6.45, 7) is 9.04. The van der Waals surface area contributed by atoms with Crippen molar-refractivity contribution in [3.63, 3.8) is 0 Å². The van der Waals surface area contributed by atoms with Crippen molar-refractivity contribution in [2.24, 2.45) is 5.92 Å². The average molecular weight is 286 g/mol. The maximum atomic E-state index is 12.0. The van der Waals surface area contributed by atoms with Crippen molar-refractivity contribution in [2.45, 2.75) is 52.2 Å². The average Bonchev–Trinajstić information content (AvgIpc) is 2.35. The van der Waals surface area contributed by atoms with E-state index in [1.807, 2.05) is 0 Å². The molecule has 1 fully saturated rings. The lowest BCUT2D eigenvalue weighted by molar-refractivity contribution is -0.147. The number of carbonyl (C=O) groups excluding carboxylic acids is 2. The molecule has 1 aliphatic heterocycles. The summed E-state index contributed by atoms with van der Waals surface area (Å²) >= 11 is 0. The van der Waals surface area contributed by atoms with E-state index in [-0.39, 0.29) is 5.92 Å². The highest BCUT2D eigenvalue weighted by atomic mass is 16.6. The zero-order valence-electron chi connectivity index (χ0n) is 12.8. The summed E-state index contributed by atoms with van der Waals surface area (Å²) in [5.74, 6) is -0.359. The van der Waals surface area contributed by atoms with E-state index in [0.29, 0.717) is 13.2 Å². The van der Waals surface area contributed by atoms with Crippen LogP contribution in [0.2, 0.25) is 0 Å². The van der Waals surface area contributed by atoms with E-state index in [4.69, 9.17) is 9.47 Å². The van der Waals surface area contributed by atoms with Crippen molar-refractivity contribution in [3.8, 4) is 0 Å². The standard InChI is InChI=1S/C14H26N2O4/c1-5-19-12(17)11(10-7-6-8-15-9-10)16-13(18)20-14(2,3)4/h10-11,15H,5-9H2,1-4H3,(H,16,18). The SMILES string of the molecule is CCOC(=O)C(NC(=O)OC(C)(C)C)C1CCCNC1. The topological polar surface area (TPSA) is 76.7 Å². The van der Waals surface area contributed by atoms with Crippen molar-refractivity contribution in [1.29, 1.82) is 0 Å². The molecule has 0 aliphatic carbocycles. The summed E-state index contributed by atoms with van der Waals surface area (Å²) < 4.78 is 10.3. The lowest BCUT2D eigenvalue weighted by atomic mass is 9.92. The van der Waals surface area contributed by atoms with E-state index in [0.717, 1.165) is 19.4 Å². The van der Waals surface area contributed by atoms with Crippen LogP contribution in [-0.4, -0.2) is 43.4 Å². The largest absolute Gasteiger partial charge is 0.464 e. The number of nitrogens with one attached hydrogen (secondary N) is 2. The van der Waals surface area contributed by atoms with Gasteiger partial charge in [-0.15, -0.1) is 0 Å². The second kappa shape index (κ2) is 7.47. The molecule has 2 N–H and O–H groups in total. The number of hydrogen-bond donors (Lipinski definition) is 2. The Morgan fingerprint density at radius 3 is 2.60 bits per heavy atom. The highest BCUT2D eigenvalue weighted by Crippen LogP contribution is 2.17. The van der Waals surface area contributed by atoms with E-state index in [2.05, 4.69) is 10.6 Å². The molecular weight excluding hydrogens is 260 g/mol. The summed E-state index contributed by atoms with van der Waals surface area (Å²) in [6, 6.07) is -0.655. The first-order chi connectivity index (χ1) is 9.33. The molecule has 1 saturated heterocycles. The molecule has 6 heteroatoms. The van der Waals surface area contributed by atoms with Gasteiger partial charge >= 0.3 is 12.1 Å². The van der Waals surface area contributed by atoms with Crippen LogP contribution in [0.5, 0.6) is 0 Å². The first-order valence-electron chi connectivity index (χ1n) is 7.20. The minimum absolute atomic E-state index is 0.0373.